The number of aryl methyl sites for hydroxylation is 2. The summed E-state index contributed by atoms with van der Waals surface area (Å²) in [6.45, 7) is -0.543. The second-order valence-electron chi connectivity index (χ2n) is 4.66. The van der Waals surface area contributed by atoms with Gasteiger partial charge in [-0.2, -0.15) is 0 Å². The Morgan fingerprint density at radius 3 is 3.05 bits per heavy atom. The molecule has 100 valence electrons. The van der Waals surface area contributed by atoms with E-state index >= 15 is 0 Å². The third kappa shape index (κ3) is 2.38. The summed E-state index contributed by atoms with van der Waals surface area (Å²) in [7, 11) is 0. The summed E-state index contributed by atoms with van der Waals surface area (Å²) in [5.74, 6) is -1.13. The minimum atomic E-state index is -1.29. The monoisotopic (exact) mass is 261 g/mol. The number of carboxylic acids is 1. The molecule has 0 amide bonds. The number of carbonyl (C=O) groups excluding carboxylic acids is 1. The second-order valence-corrected chi connectivity index (χ2v) is 4.66. The van der Waals surface area contributed by atoms with Crippen molar-refractivity contribution in [2.24, 2.45) is 0 Å². The molecule has 1 aliphatic carbocycles. The topological polar surface area (TPSA) is 88.3 Å². The number of pyridine rings is 1. The first-order valence-electron chi connectivity index (χ1n) is 6.35. The van der Waals surface area contributed by atoms with E-state index in [1.54, 1.807) is 0 Å². The Morgan fingerprint density at radius 2 is 2.21 bits per heavy atom. The molecule has 0 aliphatic heterocycles. The highest BCUT2D eigenvalue weighted by atomic mass is 16.5. The SMILES string of the molecule is O=C([O-])COc1noc2nc3c(cc12)CCCCC3. The van der Waals surface area contributed by atoms with Crippen LogP contribution in [0.1, 0.15) is 30.5 Å². The normalized spacial score (nSPS) is 14.9. The highest BCUT2D eigenvalue weighted by Crippen LogP contribution is 2.28. The summed E-state index contributed by atoms with van der Waals surface area (Å²) in [6.07, 6.45) is 5.39. The summed E-state index contributed by atoms with van der Waals surface area (Å²) in [5.41, 5.74) is 2.62. The Morgan fingerprint density at radius 1 is 1.37 bits per heavy atom. The molecule has 19 heavy (non-hydrogen) atoms. The Labute approximate surface area is 109 Å². The van der Waals surface area contributed by atoms with E-state index < -0.39 is 12.6 Å². The van der Waals surface area contributed by atoms with Crippen LogP contribution in [0, 0.1) is 0 Å². The number of hydrogen-bond acceptors (Lipinski definition) is 6. The molecule has 0 aromatic carbocycles. The predicted octanol–water partition coefficient (Wildman–Crippen LogP) is 0.620. The van der Waals surface area contributed by atoms with E-state index in [1.807, 2.05) is 6.07 Å². The maximum atomic E-state index is 10.4. The van der Waals surface area contributed by atoms with Crippen LogP contribution in [0.2, 0.25) is 0 Å². The minimum Gasteiger partial charge on any atom is -0.546 e. The lowest BCUT2D eigenvalue weighted by Crippen LogP contribution is -2.29. The van der Waals surface area contributed by atoms with E-state index in [4.69, 9.17) is 9.26 Å². The van der Waals surface area contributed by atoms with Crippen LogP contribution in [0.5, 0.6) is 5.88 Å². The van der Waals surface area contributed by atoms with Gasteiger partial charge < -0.3 is 19.2 Å². The van der Waals surface area contributed by atoms with Crippen molar-refractivity contribution in [1.82, 2.24) is 10.1 Å². The molecule has 0 N–H and O–H groups in total. The number of aliphatic carboxylic acids is 1. The van der Waals surface area contributed by atoms with Gasteiger partial charge in [-0.25, -0.2) is 4.98 Å². The van der Waals surface area contributed by atoms with Gasteiger partial charge in [0.1, 0.15) is 12.0 Å². The zero-order chi connectivity index (χ0) is 13.2. The molecular weight excluding hydrogens is 248 g/mol. The zero-order valence-electron chi connectivity index (χ0n) is 10.3. The van der Waals surface area contributed by atoms with E-state index in [9.17, 15) is 9.90 Å². The van der Waals surface area contributed by atoms with Gasteiger partial charge in [0.25, 0.3) is 11.6 Å². The van der Waals surface area contributed by atoms with Gasteiger partial charge in [-0.15, -0.1) is 0 Å². The van der Waals surface area contributed by atoms with Gasteiger partial charge >= 0.3 is 0 Å². The van der Waals surface area contributed by atoms with E-state index in [0.717, 1.165) is 31.4 Å². The van der Waals surface area contributed by atoms with Gasteiger partial charge in [0.05, 0.1) is 5.97 Å². The minimum absolute atomic E-state index is 0.166. The van der Waals surface area contributed by atoms with E-state index in [1.165, 1.54) is 12.0 Å². The summed E-state index contributed by atoms with van der Waals surface area (Å²) in [6, 6.07) is 1.95. The number of aromatic nitrogens is 2. The average molecular weight is 261 g/mol. The summed E-state index contributed by atoms with van der Waals surface area (Å²) < 4.78 is 10.1. The number of ether oxygens (including phenoxy) is 1. The van der Waals surface area contributed by atoms with Crippen LogP contribution in [0.15, 0.2) is 10.6 Å². The Hall–Kier alpha value is -2.11. The van der Waals surface area contributed by atoms with Crippen molar-refractivity contribution >= 4 is 17.1 Å². The van der Waals surface area contributed by atoms with Gasteiger partial charge in [0, 0.05) is 5.69 Å². The van der Waals surface area contributed by atoms with Crippen LogP contribution < -0.4 is 9.84 Å². The van der Waals surface area contributed by atoms with Crippen LogP contribution in [-0.2, 0) is 17.6 Å². The molecule has 0 saturated heterocycles. The first-order valence-corrected chi connectivity index (χ1v) is 6.35. The largest absolute Gasteiger partial charge is 0.546 e. The maximum absolute atomic E-state index is 10.4. The van der Waals surface area contributed by atoms with Crippen molar-refractivity contribution in [2.75, 3.05) is 6.61 Å². The third-order valence-electron chi connectivity index (χ3n) is 3.29. The van der Waals surface area contributed by atoms with Crippen molar-refractivity contribution in [2.45, 2.75) is 32.1 Å². The lowest BCUT2D eigenvalue weighted by Gasteiger charge is -2.05. The van der Waals surface area contributed by atoms with Crippen LogP contribution in [0.25, 0.3) is 11.1 Å². The molecule has 3 rings (SSSR count). The lowest BCUT2D eigenvalue weighted by molar-refractivity contribution is -0.307. The number of hydrogen-bond donors (Lipinski definition) is 0. The fraction of sp³-hybridized carbons (Fsp3) is 0.462. The van der Waals surface area contributed by atoms with E-state index in [2.05, 4.69) is 10.1 Å². The average Bonchev–Trinajstić information content (AvgIpc) is 2.62. The Bertz CT molecular complexity index is 620. The smallest absolute Gasteiger partial charge is 0.264 e. The van der Waals surface area contributed by atoms with E-state index in [0.29, 0.717) is 11.1 Å². The van der Waals surface area contributed by atoms with Gasteiger partial charge in [-0.3, -0.25) is 0 Å². The molecule has 0 radical (unpaired) electrons. The molecule has 6 heteroatoms. The number of carboxylic acid groups (broad SMARTS) is 1. The van der Waals surface area contributed by atoms with Gasteiger partial charge in [0.2, 0.25) is 0 Å². The molecular formula is C13H13N2O4-. The molecule has 0 saturated carbocycles. The predicted molar refractivity (Wildman–Crippen MR) is 63.6 cm³/mol. The molecule has 0 fully saturated rings. The summed E-state index contributed by atoms with van der Waals surface area (Å²) in [5, 5.41) is 14.7. The fourth-order valence-electron chi connectivity index (χ4n) is 2.38. The molecule has 2 heterocycles. The lowest BCUT2D eigenvalue weighted by atomic mass is 10.1. The van der Waals surface area contributed by atoms with Crippen LogP contribution in [0.4, 0.5) is 0 Å². The highest BCUT2D eigenvalue weighted by Gasteiger charge is 2.16. The molecule has 6 nitrogen and oxygen atoms in total. The summed E-state index contributed by atoms with van der Waals surface area (Å²) >= 11 is 0. The highest BCUT2D eigenvalue weighted by molar-refractivity contribution is 5.80. The van der Waals surface area contributed by atoms with Gasteiger partial charge in [-0.1, -0.05) is 6.42 Å². The Balaban J connectivity index is 1.98. The quantitative estimate of drug-likeness (QED) is 0.752. The van der Waals surface area contributed by atoms with Crippen LogP contribution in [0.3, 0.4) is 0 Å². The molecule has 1 aliphatic rings. The van der Waals surface area contributed by atoms with Crippen molar-refractivity contribution in [3.05, 3.63) is 17.3 Å². The van der Waals surface area contributed by atoms with Crippen molar-refractivity contribution in [3.8, 4) is 5.88 Å². The maximum Gasteiger partial charge on any atom is 0.264 e. The second kappa shape index (κ2) is 4.87. The van der Waals surface area contributed by atoms with Crippen molar-refractivity contribution < 1.29 is 19.2 Å². The standard InChI is InChI=1S/C13H14N2O4/c16-11(17)7-18-13-9-6-8-4-2-1-3-5-10(8)14-12(9)19-15-13/h6H,1-5,7H2,(H,16,17)/p-1. The van der Waals surface area contributed by atoms with Crippen LogP contribution >= 0.6 is 0 Å². The Kier molecular flexibility index (Phi) is 3.06. The summed E-state index contributed by atoms with van der Waals surface area (Å²) in [4.78, 5) is 14.8. The molecule has 2 aromatic rings. The first kappa shape index (κ1) is 12.0. The van der Waals surface area contributed by atoms with Crippen molar-refractivity contribution in [1.29, 1.82) is 0 Å². The molecule has 2 aromatic heterocycles. The van der Waals surface area contributed by atoms with Crippen LogP contribution in [-0.4, -0.2) is 22.7 Å². The molecule has 0 unspecified atom stereocenters. The van der Waals surface area contributed by atoms with E-state index in [-0.39, 0.29) is 5.88 Å². The fourth-order valence-corrected chi connectivity index (χ4v) is 2.38. The first-order chi connectivity index (χ1) is 9.24. The zero-order valence-corrected chi connectivity index (χ0v) is 10.3. The number of nitrogens with zero attached hydrogens (tertiary/aromatic N) is 2. The molecule has 0 atom stereocenters. The third-order valence-corrected chi connectivity index (χ3v) is 3.29. The van der Waals surface area contributed by atoms with Gasteiger partial charge in [0.15, 0.2) is 0 Å². The molecule has 0 spiro atoms. The number of fused-ring (bicyclic) bond motifs is 2. The van der Waals surface area contributed by atoms with Gasteiger partial charge in [-0.05, 0) is 42.5 Å². The number of carbonyl (C=O) groups is 1. The van der Waals surface area contributed by atoms with Crippen molar-refractivity contribution in [3.63, 3.8) is 0 Å². The number of rotatable bonds is 3. The molecule has 0 bridgehead atoms.